The van der Waals surface area contributed by atoms with Crippen molar-refractivity contribution in [2.45, 2.75) is 39.7 Å². The number of para-hydroxylation sites is 1. The van der Waals surface area contributed by atoms with Gasteiger partial charge in [0.1, 0.15) is 5.52 Å². The molecule has 2 aromatic rings. The normalized spacial score (nSPS) is 14.1. The van der Waals surface area contributed by atoms with Crippen LogP contribution in [0.25, 0.3) is 11.1 Å². The van der Waals surface area contributed by atoms with E-state index in [9.17, 15) is 4.79 Å². The second-order valence-electron chi connectivity index (χ2n) is 5.48. The third kappa shape index (κ3) is 3.61. The highest BCUT2D eigenvalue weighted by Crippen LogP contribution is 2.18. The number of nitrogens with two attached hydrogens (primary N) is 1. The number of aryl methyl sites for hydroxylation is 1. The zero-order chi connectivity index (χ0) is 15.4. The molecule has 0 saturated heterocycles. The molecule has 5 heteroatoms. The van der Waals surface area contributed by atoms with Crippen LogP contribution >= 0.6 is 0 Å². The number of amides is 1. The van der Waals surface area contributed by atoms with Gasteiger partial charge in [0, 0.05) is 13.0 Å². The van der Waals surface area contributed by atoms with Crippen LogP contribution in [-0.4, -0.2) is 23.5 Å². The van der Waals surface area contributed by atoms with Gasteiger partial charge in [0.2, 0.25) is 5.91 Å². The molecule has 0 bridgehead atoms. The van der Waals surface area contributed by atoms with Crippen LogP contribution in [0.15, 0.2) is 22.6 Å². The fourth-order valence-corrected chi connectivity index (χ4v) is 2.16. The Bertz CT molecular complexity index is 621. The minimum atomic E-state index is -0.458. The Morgan fingerprint density at radius 2 is 2.24 bits per heavy atom. The molecule has 0 radical (unpaired) electrons. The Kier molecular flexibility index (Phi) is 4.96. The first-order valence-corrected chi connectivity index (χ1v) is 7.41. The maximum absolute atomic E-state index is 11.9. The van der Waals surface area contributed by atoms with E-state index in [1.165, 1.54) is 0 Å². The van der Waals surface area contributed by atoms with Crippen LogP contribution < -0.4 is 11.1 Å². The molecular formula is C16H23N3O2. The summed E-state index contributed by atoms with van der Waals surface area (Å²) in [6, 6.07) is 5.39. The van der Waals surface area contributed by atoms with Crippen LogP contribution in [0.2, 0.25) is 0 Å². The van der Waals surface area contributed by atoms with Crippen molar-refractivity contribution in [2.75, 3.05) is 6.54 Å². The van der Waals surface area contributed by atoms with E-state index in [1.54, 1.807) is 0 Å². The highest BCUT2D eigenvalue weighted by atomic mass is 16.3. The lowest BCUT2D eigenvalue weighted by Crippen LogP contribution is -2.45. The van der Waals surface area contributed by atoms with E-state index in [4.69, 9.17) is 10.2 Å². The molecule has 0 spiro atoms. The Morgan fingerprint density at radius 1 is 1.48 bits per heavy atom. The number of carbonyl (C=O) groups excluding carboxylic acids is 1. The number of hydrogen-bond acceptors (Lipinski definition) is 4. The Labute approximate surface area is 124 Å². The topological polar surface area (TPSA) is 81.2 Å². The van der Waals surface area contributed by atoms with Crippen LogP contribution in [-0.2, 0) is 11.2 Å². The predicted octanol–water partition coefficient (Wildman–Crippen LogP) is 2.17. The van der Waals surface area contributed by atoms with Crippen molar-refractivity contribution in [3.63, 3.8) is 0 Å². The van der Waals surface area contributed by atoms with Gasteiger partial charge in [-0.1, -0.05) is 32.4 Å². The predicted molar refractivity (Wildman–Crippen MR) is 82.9 cm³/mol. The molecule has 0 fully saturated rings. The van der Waals surface area contributed by atoms with E-state index in [0.717, 1.165) is 23.1 Å². The van der Waals surface area contributed by atoms with Gasteiger partial charge in [-0.2, -0.15) is 0 Å². The van der Waals surface area contributed by atoms with Gasteiger partial charge in [-0.05, 0) is 24.5 Å². The van der Waals surface area contributed by atoms with Crippen molar-refractivity contribution >= 4 is 17.0 Å². The fraction of sp³-hybridized carbons (Fsp3) is 0.500. The van der Waals surface area contributed by atoms with Crippen LogP contribution in [0, 0.1) is 12.8 Å². The average Bonchev–Trinajstić information content (AvgIpc) is 2.90. The van der Waals surface area contributed by atoms with Gasteiger partial charge < -0.3 is 15.5 Å². The summed E-state index contributed by atoms with van der Waals surface area (Å²) in [5, 5.41) is 2.84. The second-order valence-corrected chi connectivity index (χ2v) is 5.48. The molecule has 0 aliphatic heterocycles. The van der Waals surface area contributed by atoms with Gasteiger partial charge in [-0.25, -0.2) is 4.98 Å². The Morgan fingerprint density at radius 3 is 2.90 bits per heavy atom. The molecule has 5 nitrogen and oxygen atoms in total. The zero-order valence-electron chi connectivity index (χ0n) is 12.8. The molecule has 2 rings (SSSR count). The number of rotatable bonds is 6. The lowest BCUT2D eigenvalue weighted by Gasteiger charge is -2.17. The lowest BCUT2D eigenvalue weighted by atomic mass is 9.99. The molecule has 0 saturated carbocycles. The summed E-state index contributed by atoms with van der Waals surface area (Å²) in [7, 11) is 0. The second kappa shape index (κ2) is 6.72. The fourth-order valence-electron chi connectivity index (χ4n) is 2.16. The SMILES string of the molecule is CCC(C)C(N)C(=O)NCCc1nc2c(C)cccc2o1. The van der Waals surface area contributed by atoms with Crippen LogP contribution in [0.4, 0.5) is 0 Å². The average molecular weight is 289 g/mol. The summed E-state index contributed by atoms with van der Waals surface area (Å²) >= 11 is 0. The van der Waals surface area contributed by atoms with Crippen molar-refractivity contribution in [1.29, 1.82) is 0 Å². The highest BCUT2D eigenvalue weighted by Gasteiger charge is 2.19. The molecule has 1 aromatic carbocycles. The smallest absolute Gasteiger partial charge is 0.237 e. The van der Waals surface area contributed by atoms with E-state index in [1.807, 2.05) is 39.0 Å². The lowest BCUT2D eigenvalue weighted by molar-refractivity contribution is -0.123. The van der Waals surface area contributed by atoms with Gasteiger partial charge in [-0.3, -0.25) is 4.79 Å². The van der Waals surface area contributed by atoms with E-state index in [2.05, 4.69) is 10.3 Å². The molecule has 1 amide bonds. The monoisotopic (exact) mass is 289 g/mol. The molecule has 3 N–H and O–H groups in total. The molecule has 1 heterocycles. The summed E-state index contributed by atoms with van der Waals surface area (Å²) in [6.07, 6.45) is 1.45. The number of fused-ring (bicyclic) bond motifs is 1. The van der Waals surface area contributed by atoms with Crippen molar-refractivity contribution in [2.24, 2.45) is 11.7 Å². The first kappa shape index (κ1) is 15.5. The number of aromatic nitrogens is 1. The van der Waals surface area contributed by atoms with Gasteiger partial charge >= 0.3 is 0 Å². The molecule has 114 valence electrons. The maximum Gasteiger partial charge on any atom is 0.237 e. The molecule has 2 atom stereocenters. The van der Waals surface area contributed by atoms with Crippen LogP contribution in [0.3, 0.4) is 0 Å². The summed E-state index contributed by atoms with van der Waals surface area (Å²) in [6.45, 7) is 6.49. The third-order valence-electron chi connectivity index (χ3n) is 3.86. The van der Waals surface area contributed by atoms with Gasteiger partial charge in [-0.15, -0.1) is 0 Å². The quantitative estimate of drug-likeness (QED) is 0.854. The van der Waals surface area contributed by atoms with Crippen molar-refractivity contribution in [1.82, 2.24) is 10.3 Å². The van der Waals surface area contributed by atoms with E-state index in [-0.39, 0.29) is 11.8 Å². The summed E-state index contributed by atoms with van der Waals surface area (Å²) in [4.78, 5) is 16.3. The minimum absolute atomic E-state index is 0.114. The van der Waals surface area contributed by atoms with Crippen LogP contribution in [0.1, 0.15) is 31.7 Å². The first-order valence-electron chi connectivity index (χ1n) is 7.41. The maximum atomic E-state index is 11.9. The standard InChI is InChI=1S/C16H23N3O2/c1-4-10(2)14(17)16(20)18-9-8-13-19-15-11(3)6-5-7-12(15)21-13/h5-7,10,14H,4,8-9,17H2,1-3H3,(H,18,20). The minimum Gasteiger partial charge on any atom is -0.441 e. The molecule has 2 unspecified atom stereocenters. The Hall–Kier alpha value is -1.88. The summed E-state index contributed by atoms with van der Waals surface area (Å²) in [5.41, 5.74) is 8.64. The molecule has 21 heavy (non-hydrogen) atoms. The number of nitrogens with one attached hydrogen (secondary N) is 1. The van der Waals surface area contributed by atoms with E-state index < -0.39 is 6.04 Å². The number of nitrogens with zero attached hydrogens (tertiary/aromatic N) is 1. The number of carbonyl (C=O) groups is 1. The summed E-state index contributed by atoms with van der Waals surface area (Å²) < 4.78 is 5.67. The molecule has 0 aliphatic carbocycles. The van der Waals surface area contributed by atoms with Gasteiger partial charge in [0.25, 0.3) is 0 Å². The third-order valence-corrected chi connectivity index (χ3v) is 3.86. The van der Waals surface area contributed by atoms with Gasteiger partial charge in [0.05, 0.1) is 6.04 Å². The molecular weight excluding hydrogens is 266 g/mol. The highest BCUT2D eigenvalue weighted by molar-refractivity contribution is 5.81. The number of oxazole rings is 1. The van der Waals surface area contributed by atoms with E-state index >= 15 is 0 Å². The first-order chi connectivity index (χ1) is 10.0. The van der Waals surface area contributed by atoms with Crippen LogP contribution in [0.5, 0.6) is 0 Å². The van der Waals surface area contributed by atoms with Crippen molar-refractivity contribution < 1.29 is 9.21 Å². The van der Waals surface area contributed by atoms with Gasteiger partial charge in [0.15, 0.2) is 11.5 Å². The molecule has 1 aromatic heterocycles. The number of hydrogen-bond donors (Lipinski definition) is 2. The van der Waals surface area contributed by atoms with E-state index in [0.29, 0.717) is 18.9 Å². The molecule has 0 aliphatic rings. The van der Waals surface area contributed by atoms with Crippen molar-refractivity contribution in [3.8, 4) is 0 Å². The summed E-state index contributed by atoms with van der Waals surface area (Å²) in [5.74, 6) is 0.699. The van der Waals surface area contributed by atoms with Crippen molar-refractivity contribution in [3.05, 3.63) is 29.7 Å². The zero-order valence-corrected chi connectivity index (χ0v) is 12.8. The number of benzene rings is 1. The Balaban J connectivity index is 1.90. The largest absolute Gasteiger partial charge is 0.441 e.